The van der Waals surface area contributed by atoms with E-state index in [0.717, 1.165) is 4.57 Å². The highest BCUT2D eigenvalue weighted by Crippen LogP contribution is 2.32. The molecule has 0 aliphatic carbocycles. The molecule has 10 heteroatoms. The van der Waals surface area contributed by atoms with Crippen LogP contribution in [0.5, 0.6) is 5.88 Å². The van der Waals surface area contributed by atoms with Gasteiger partial charge in [0.25, 0.3) is 5.56 Å². The molecule has 0 saturated carbocycles. The van der Waals surface area contributed by atoms with Gasteiger partial charge in [0.15, 0.2) is 5.69 Å². The first-order valence-electron chi connectivity index (χ1n) is 6.32. The molecule has 0 radical (unpaired) electrons. The number of hydrogen-bond donors (Lipinski definition) is 2. The molecule has 0 bridgehead atoms. The lowest BCUT2D eigenvalue weighted by molar-refractivity contribution is 0.441. The van der Waals surface area contributed by atoms with Crippen molar-refractivity contribution < 1.29 is 9.52 Å². The summed E-state index contributed by atoms with van der Waals surface area (Å²) in [6.45, 7) is 0. The molecule has 3 rings (SSSR count). The van der Waals surface area contributed by atoms with Gasteiger partial charge in [0.1, 0.15) is 6.07 Å². The normalized spacial score (nSPS) is 10.5. The Morgan fingerprint density at radius 2 is 2.04 bits per heavy atom. The van der Waals surface area contributed by atoms with Crippen molar-refractivity contribution in [2.45, 2.75) is 0 Å². The Bertz CT molecular complexity index is 1110. The number of aromatic nitrogens is 3. The number of H-pyrrole nitrogens is 1. The predicted octanol–water partition coefficient (Wildman–Crippen LogP) is 2.06. The monoisotopic (exact) mass is 364 g/mol. The molecule has 2 aromatic heterocycles. The smallest absolute Gasteiger partial charge is 0.427 e. The van der Waals surface area contributed by atoms with E-state index < -0.39 is 23.0 Å². The molecule has 0 spiro atoms. The van der Waals surface area contributed by atoms with E-state index in [1.54, 1.807) is 0 Å². The summed E-state index contributed by atoms with van der Waals surface area (Å²) in [4.78, 5) is 30.0. The summed E-state index contributed by atoms with van der Waals surface area (Å²) in [7, 11) is 0. The van der Waals surface area contributed by atoms with Gasteiger partial charge in [-0.2, -0.15) is 5.26 Å². The van der Waals surface area contributed by atoms with E-state index in [9.17, 15) is 14.7 Å². The van der Waals surface area contributed by atoms with E-state index in [-0.39, 0.29) is 27.0 Å². The standard InChI is InChI=1S/C14H6Cl2N4O4/c15-7-4-9(8(16)3-6(7)5-17)20-13(22)11(24-14(20)23)10-12(21)19-2-1-18-10/h1-4,22H,(H,19,21). The molecule has 0 amide bonds. The van der Waals surface area contributed by atoms with Crippen LogP contribution in [0.4, 0.5) is 0 Å². The van der Waals surface area contributed by atoms with E-state index in [2.05, 4.69) is 9.97 Å². The van der Waals surface area contributed by atoms with Crippen LogP contribution in [0.3, 0.4) is 0 Å². The van der Waals surface area contributed by atoms with Gasteiger partial charge in [-0.25, -0.2) is 14.3 Å². The van der Waals surface area contributed by atoms with Gasteiger partial charge in [0, 0.05) is 12.4 Å². The fraction of sp³-hybridized carbons (Fsp3) is 0. The molecule has 3 aromatic rings. The van der Waals surface area contributed by atoms with E-state index in [1.165, 1.54) is 24.5 Å². The Morgan fingerprint density at radius 3 is 2.71 bits per heavy atom. The summed E-state index contributed by atoms with van der Waals surface area (Å²) >= 11 is 12.0. The first-order valence-corrected chi connectivity index (χ1v) is 7.08. The van der Waals surface area contributed by atoms with Gasteiger partial charge in [-0.3, -0.25) is 4.79 Å². The highest BCUT2D eigenvalue weighted by atomic mass is 35.5. The van der Waals surface area contributed by atoms with Crippen molar-refractivity contribution in [3.05, 3.63) is 61.0 Å². The summed E-state index contributed by atoms with van der Waals surface area (Å²) in [6.07, 6.45) is 2.55. The third-order valence-electron chi connectivity index (χ3n) is 3.11. The molecule has 0 fully saturated rings. The molecule has 0 aliphatic rings. The number of hydrogen-bond acceptors (Lipinski definition) is 6. The Labute approximate surface area is 143 Å². The summed E-state index contributed by atoms with van der Waals surface area (Å²) in [5.74, 6) is -2.10. The van der Waals surface area contributed by atoms with Crippen LogP contribution >= 0.6 is 23.2 Å². The maximum Gasteiger partial charge on any atom is 0.427 e. The molecule has 2 N–H and O–H groups in total. The van der Waals surface area contributed by atoms with Gasteiger partial charge in [-0.1, -0.05) is 23.2 Å². The van der Waals surface area contributed by atoms with Crippen molar-refractivity contribution in [1.29, 1.82) is 5.26 Å². The summed E-state index contributed by atoms with van der Waals surface area (Å²) in [5.41, 5.74) is -0.840. The molecule has 8 nitrogen and oxygen atoms in total. The van der Waals surface area contributed by atoms with E-state index in [0.29, 0.717) is 0 Å². The summed E-state index contributed by atoms with van der Waals surface area (Å²) < 4.78 is 5.65. The Hall–Kier alpha value is -3.02. The minimum Gasteiger partial charge on any atom is -0.491 e. The van der Waals surface area contributed by atoms with Crippen LogP contribution in [-0.2, 0) is 0 Å². The number of nitriles is 1. The van der Waals surface area contributed by atoms with Gasteiger partial charge in [-0.15, -0.1) is 0 Å². The lowest BCUT2D eigenvalue weighted by atomic mass is 10.2. The molecule has 120 valence electrons. The molecule has 1 aromatic carbocycles. The second-order valence-corrected chi connectivity index (χ2v) is 5.33. The fourth-order valence-corrected chi connectivity index (χ4v) is 2.49. The first kappa shape index (κ1) is 15.9. The van der Waals surface area contributed by atoms with Crippen molar-refractivity contribution >= 4 is 23.2 Å². The number of oxazole rings is 1. The van der Waals surface area contributed by atoms with E-state index in [1.807, 2.05) is 6.07 Å². The lowest BCUT2D eigenvalue weighted by Gasteiger charge is -2.06. The number of halogens is 2. The molecular weight excluding hydrogens is 359 g/mol. The van der Waals surface area contributed by atoms with Crippen LogP contribution < -0.4 is 11.3 Å². The highest BCUT2D eigenvalue weighted by molar-refractivity contribution is 6.35. The molecule has 0 unspecified atom stereocenters. The number of benzene rings is 1. The first-order chi connectivity index (χ1) is 11.4. The van der Waals surface area contributed by atoms with Crippen LogP contribution in [0.15, 0.2) is 38.5 Å². The quantitative estimate of drug-likeness (QED) is 0.716. The van der Waals surface area contributed by atoms with Crippen molar-refractivity contribution in [3.8, 4) is 29.1 Å². The van der Waals surface area contributed by atoms with Crippen LogP contribution in [0, 0.1) is 11.3 Å². The van der Waals surface area contributed by atoms with E-state index in [4.69, 9.17) is 32.9 Å². The Kier molecular flexibility index (Phi) is 3.89. The number of rotatable bonds is 2. The topological polar surface area (TPSA) is 125 Å². The second-order valence-electron chi connectivity index (χ2n) is 4.52. The van der Waals surface area contributed by atoms with E-state index >= 15 is 0 Å². The summed E-state index contributed by atoms with van der Waals surface area (Å²) in [6, 6.07) is 4.31. The average molecular weight is 365 g/mol. The van der Waals surface area contributed by atoms with Crippen molar-refractivity contribution in [1.82, 2.24) is 14.5 Å². The lowest BCUT2D eigenvalue weighted by Crippen LogP contribution is -2.12. The zero-order chi connectivity index (χ0) is 17.4. The van der Waals surface area contributed by atoms with Gasteiger partial charge < -0.3 is 14.5 Å². The van der Waals surface area contributed by atoms with Gasteiger partial charge >= 0.3 is 5.76 Å². The van der Waals surface area contributed by atoms with Gasteiger partial charge in [0.2, 0.25) is 11.6 Å². The maximum absolute atomic E-state index is 12.1. The third-order valence-corrected chi connectivity index (χ3v) is 3.72. The zero-order valence-electron chi connectivity index (χ0n) is 11.6. The molecule has 24 heavy (non-hydrogen) atoms. The molecule has 2 heterocycles. The molecular formula is C14H6Cl2N4O4. The van der Waals surface area contributed by atoms with Crippen LogP contribution in [0.2, 0.25) is 10.0 Å². The number of aromatic amines is 1. The van der Waals surface area contributed by atoms with Gasteiger partial charge in [-0.05, 0) is 12.1 Å². The van der Waals surface area contributed by atoms with Crippen LogP contribution in [0.1, 0.15) is 5.56 Å². The van der Waals surface area contributed by atoms with Gasteiger partial charge in [0.05, 0.1) is 21.3 Å². The largest absolute Gasteiger partial charge is 0.491 e. The summed E-state index contributed by atoms with van der Waals surface area (Å²) in [5, 5.41) is 19.2. The second kappa shape index (κ2) is 5.88. The molecule has 0 saturated heterocycles. The predicted molar refractivity (Wildman–Crippen MR) is 84.6 cm³/mol. The fourth-order valence-electron chi connectivity index (χ4n) is 2.04. The highest BCUT2D eigenvalue weighted by Gasteiger charge is 2.24. The van der Waals surface area contributed by atoms with Crippen molar-refractivity contribution in [3.63, 3.8) is 0 Å². The minimum absolute atomic E-state index is 0.00877. The third kappa shape index (κ3) is 2.46. The SMILES string of the molecule is N#Cc1cc(Cl)c(-n2c(O)c(-c3ncc[nH]c3=O)oc2=O)cc1Cl. The minimum atomic E-state index is -1.00. The van der Waals surface area contributed by atoms with Crippen LogP contribution in [-0.4, -0.2) is 19.6 Å². The average Bonchev–Trinajstić information content (AvgIpc) is 2.84. The number of nitrogens with zero attached hydrogens (tertiary/aromatic N) is 3. The maximum atomic E-state index is 12.1. The Balaban J connectivity index is 2.28. The Morgan fingerprint density at radius 1 is 1.29 bits per heavy atom. The molecule has 0 atom stereocenters. The van der Waals surface area contributed by atoms with Crippen LogP contribution in [0.25, 0.3) is 17.1 Å². The van der Waals surface area contributed by atoms with Crippen molar-refractivity contribution in [2.75, 3.05) is 0 Å². The number of aromatic hydroxyl groups is 1. The number of nitrogens with one attached hydrogen (secondary N) is 1. The molecule has 0 aliphatic heterocycles. The zero-order valence-corrected chi connectivity index (χ0v) is 13.1. The van der Waals surface area contributed by atoms with Crippen molar-refractivity contribution in [2.24, 2.45) is 0 Å².